The normalized spacial score (nSPS) is 49.5. The maximum absolute atomic E-state index is 10.3. The van der Waals surface area contributed by atoms with E-state index in [9.17, 15) is 5.11 Å². The number of aliphatic hydroxyl groups is 1. The van der Waals surface area contributed by atoms with Gasteiger partial charge in [0.05, 0.1) is 6.10 Å². The van der Waals surface area contributed by atoms with Crippen molar-refractivity contribution in [3.63, 3.8) is 0 Å². The summed E-state index contributed by atoms with van der Waals surface area (Å²) in [5.41, 5.74) is 0.326. The Morgan fingerprint density at radius 1 is 0.938 bits per heavy atom. The van der Waals surface area contributed by atoms with Gasteiger partial charge in [-0.25, -0.2) is 0 Å². The van der Waals surface area contributed by atoms with E-state index < -0.39 is 0 Å². The zero-order chi connectivity index (χ0) is 11.2. The van der Waals surface area contributed by atoms with Crippen molar-refractivity contribution in [1.29, 1.82) is 0 Å². The van der Waals surface area contributed by atoms with Crippen molar-refractivity contribution in [2.45, 2.75) is 70.8 Å². The van der Waals surface area contributed by atoms with Crippen LogP contribution in [0.25, 0.3) is 0 Å². The molecule has 3 aliphatic carbocycles. The zero-order valence-electron chi connectivity index (χ0n) is 10.6. The van der Waals surface area contributed by atoms with Gasteiger partial charge in [-0.15, -0.1) is 0 Å². The van der Waals surface area contributed by atoms with E-state index in [0.717, 1.165) is 17.8 Å². The standard InChI is InChI=1S/C15H26O/c1-11(16)15-9-3-7-12-5-2-6-13(14(12)15)8-4-10-15/h11-14,16H,2-10H2,1H3. The summed E-state index contributed by atoms with van der Waals surface area (Å²) in [4.78, 5) is 0. The van der Waals surface area contributed by atoms with E-state index in [1.165, 1.54) is 57.8 Å². The Balaban J connectivity index is 1.94. The van der Waals surface area contributed by atoms with Gasteiger partial charge < -0.3 is 5.11 Å². The van der Waals surface area contributed by atoms with Gasteiger partial charge in [0.25, 0.3) is 0 Å². The quantitative estimate of drug-likeness (QED) is 0.716. The van der Waals surface area contributed by atoms with Crippen molar-refractivity contribution in [2.24, 2.45) is 23.2 Å². The van der Waals surface area contributed by atoms with Crippen molar-refractivity contribution in [2.75, 3.05) is 0 Å². The lowest BCUT2D eigenvalue weighted by atomic mass is 9.48. The molecule has 0 heterocycles. The minimum Gasteiger partial charge on any atom is -0.393 e. The largest absolute Gasteiger partial charge is 0.393 e. The molecular formula is C15H26O. The Kier molecular flexibility index (Phi) is 2.78. The first-order valence-electron chi connectivity index (χ1n) is 7.42. The molecule has 0 aliphatic heterocycles. The first-order valence-corrected chi connectivity index (χ1v) is 7.42. The molecule has 0 aromatic carbocycles. The third-order valence-corrected chi connectivity index (χ3v) is 6.10. The summed E-state index contributed by atoms with van der Waals surface area (Å²) in [5.74, 6) is 2.80. The lowest BCUT2D eigenvalue weighted by Crippen LogP contribution is -2.53. The third kappa shape index (κ3) is 1.47. The van der Waals surface area contributed by atoms with Crippen LogP contribution in [0.3, 0.4) is 0 Å². The molecule has 1 N–H and O–H groups in total. The molecule has 1 heteroatoms. The van der Waals surface area contributed by atoms with Crippen LogP contribution in [-0.2, 0) is 0 Å². The average molecular weight is 222 g/mol. The van der Waals surface area contributed by atoms with E-state index in [1.54, 1.807) is 0 Å². The third-order valence-electron chi connectivity index (χ3n) is 6.10. The molecule has 0 spiro atoms. The van der Waals surface area contributed by atoms with Gasteiger partial charge in [-0.3, -0.25) is 0 Å². The Morgan fingerprint density at radius 2 is 1.44 bits per heavy atom. The molecule has 16 heavy (non-hydrogen) atoms. The van der Waals surface area contributed by atoms with Gasteiger partial charge in [-0.1, -0.05) is 44.9 Å². The highest BCUT2D eigenvalue weighted by atomic mass is 16.3. The summed E-state index contributed by atoms with van der Waals surface area (Å²) in [6.07, 6.45) is 12.6. The molecule has 3 fully saturated rings. The summed E-state index contributed by atoms with van der Waals surface area (Å²) in [6.45, 7) is 2.07. The van der Waals surface area contributed by atoms with Crippen molar-refractivity contribution in [3.8, 4) is 0 Å². The highest BCUT2D eigenvalue weighted by Gasteiger charge is 2.53. The second kappa shape index (κ2) is 4.01. The first kappa shape index (κ1) is 11.1. The molecule has 0 radical (unpaired) electrons. The van der Waals surface area contributed by atoms with E-state index in [0.29, 0.717) is 5.41 Å². The Bertz CT molecular complexity index is 236. The van der Waals surface area contributed by atoms with E-state index in [2.05, 4.69) is 6.92 Å². The molecule has 1 nitrogen and oxygen atoms in total. The molecule has 0 amide bonds. The molecule has 92 valence electrons. The number of hydrogen-bond acceptors (Lipinski definition) is 1. The Morgan fingerprint density at radius 3 is 1.94 bits per heavy atom. The SMILES string of the molecule is CC(O)C12CCCC3CCCC(CCC1)C32. The molecule has 3 aliphatic rings. The summed E-state index contributed by atoms with van der Waals surface area (Å²) >= 11 is 0. The van der Waals surface area contributed by atoms with Gasteiger partial charge >= 0.3 is 0 Å². The van der Waals surface area contributed by atoms with Crippen LogP contribution in [0.4, 0.5) is 0 Å². The van der Waals surface area contributed by atoms with Crippen LogP contribution in [0, 0.1) is 23.2 Å². The van der Waals surface area contributed by atoms with Crippen LogP contribution in [0.5, 0.6) is 0 Å². The molecule has 3 saturated carbocycles. The topological polar surface area (TPSA) is 20.2 Å². The monoisotopic (exact) mass is 222 g/mol. The van der Waals surface area contributed by atoms with E-state index in [1.807, 2.05) is 0 Å². The lowest BCUT2D eigenvalue weighted by molar-refractivity contribution is -0.126. The number of aliphatic hydroxyl groups excluding tert-OH is 1. The van der Waals surface area contributed by atoms with Crippen molar-refractivity contribution < 1.29 is 5.11 Å². The fourth-order valence-electron chi connectivity index (χ4n) is 5.51. The maximum atomic E-state index is 10.3. The molecule has 0 aromatic heterocycles. The summed E-state index contributed by atoms with van der Waals surface area (Å²) in [7, 11) is 0. The van der Waals surface area contributed by atoms with Crippen LogP contribution in [-0.4, -0.2) is 11.2 Å². The maximum Gasteiger partial charge on any atom is 0.0571 e. The summed E-state index contributed by atoms with van der Waals surface area (Å²) in [6, 6.07) is 0. The van der Waals surface area contributed by atoms with Crippen LogP contribution in [0.1, 0.15) is 64.7 Å². The second-order valence-electron chi connectivity index (χ2n) is 6.67. The highest BCUT2D eigenvalue weighted by Crippen LogP contribution is 2.60. The Labute approximate surface area is 99.6 Å². The molecule has 3 atom stereocenters. The average Bonchev–Trinajstić information content (AvgIpc) is 2.30. The number of rotatable bonds is 1. The highest BCUT2D eigenvalue weighted by molar-refractivity contribution is 5.03. The van der Waals surface area contributed by atoms with Gasteiger partial charge in [0.1, 0.15) is 0 Å². The number of hydrogen-bond donors (Lipinski definition) is 1. The molecule has 0 saturated heterocycles. The first-order chi connectivity index (χ1) is 7.74. The molecule has 0 aromatic rings. The Hall–Kier alpha value is -0.0400. The fourth-order valence-corrected chi connectivity index (χ4v) is 5.51. The van der Waals surface area contributed by atoms with E-state index in [-0.39, 0.29) is 6.10 Å². The van der Waals surface area contributed by atoms with Gasteiger partial charge in [-0.05, 0) is 42.9 Å². The zero-order valence-corrected chi connectivity index (χ0v) is 10.6. The van der Waals surface area contributed by atoms with E-state index in [4.69, 9.17) is 0 Å². The molecular weight excluding hydrogens is 196 g/mol. The van der Waals surface area contributed by atoms with Crippen molar-refractivity contribution in [3.05, 3.63) is 0 Å². The van der Waals surface area contributed by atoms with Crippen LogP contribution in [0.15, 0.2) is 0 Å². The van der Waals surface area contributed by atoms with Gasteiger partial charge in [0.15, 0.2) is 0 Å². The minimum atomic E-state index is -0.0683. The van der Waals surface area contributed by atoms with Crippen LogP contribution in [0.2, 0.25) is 0 Å². The van der Waals surface area contributed by atoms with Gasteiger partial charge in [0.2, 0.25) is 0 Å². The fraction of sp³-hybridized carbons (Fsp3) is 1.00. The minimum absolute atomic E-state index is 0.0683. The lowest BCUT2D eigenvalue weighted by Gasteiger charge is -2.58. The molecule has 3 rings (SSSR count). The molecule has 3 unspecified atom stereocenters. The van der Waals surface area contributed by atoms with Gasteiger partial charge in [-0.2, -0.15) is 0 Å². The van der Waals surface area contributed by atoms with Crippen molar-refractivity contribution in [1.82, 2.24) is 0 Å². The van der Waals surface area contributed by atoms with Gasteiger partial charge in [0, 0.05) is 0 Å². The summed E-state index contributed by atoms with van der Waals surface area (Å²) < 4.78 is 0. The predicted octanol–water partition coefficient (Wildman–Crippen LogP) is 3.75. The second-order valence-corrected chi connectivity index (χ2v) is 6.67. The smallest absolute Gasteiger partial charge is 0.0571 e. The van der Waals surface area contributed by atoms with Crippen LogP contribution >= 0.6 is 0 Å². The predicted molar refractivity (Wildman–Crippen MR) is 66.1 cm³/mol. The molecule has 0 bridgehead atoms. The summed E-state index contributed by atoms with van der Waals surface area (Å²) in [5, 5.41) is 10.3. The van der Waals surface area contributed by atoms with E-state index >= 15 is 0 Å². The van der Waals surface area contributed by atoms with Crippen molar-refractivity contribution >= 4 is 0 Å². The van der Waals surface area contributed by atoms with Crippen LogP contribution < -0.4 is 0 Å².